The molecule has 0 N–H and O–H groups in total. The second-order valence-corrected chi connectivity index (χ2v) is 6.93. The van der Waals surface area contributed by atoms with Gasteiger partial charge in [-0.25, -0.2) is 9.78 Å². The van der Waals surface area contributed by atoms with Gasteiger partial charge < -0.3 is 13.9 Å². The van der Waals surface area contributed by atoms with Gasteiger partial charge in [-0.05, 0) is 44.7 Å². The number of carbonyl (C=O) groups is 1. The lowest BCUT2D eigenvalue weighted by Gasteiger charge is -2.27. The van der Waals surface area contributed by atoms with Crippen LogP contribution in [0, 0.1) is 5.92 Å². The zero-order valence-electron chi connectivity index (χ0n) is 14.4. The van der Waals surface area contributed by atoms with Crippen molar-refractivity contribution < 1.29 is 18.7 Å². The van der Waals surface area contributed by atoms with Crippen LogP contribution in [0.5, 0.6) is 0 Å². The van der Waals surface area contributed by atoms with Gasteiger partial charge >= 0.3 is 5.97 Å². The summed E-state index contributed by atoms with van der Waals surface area (Å²) in [5.41, 5.74) is 1.22. The molecule has 1 saturated heterocycles. The Balaban J connectivity index is 1.54. The largest absolute Gasteiger partial charge is 0.458 e. The van der Waals surface area contributed by atoms with E-state index in [1.165, 1.54) is 0 Å². The van der Waals surface area contributed by atoms with E-state index in [9.17, 15) is 4.79 Å². The number of aromatic nitrogens is 1. The van der Waals surface area contributed by atoms with E-state index >= 15 is 0 Å². The minimum atomic E-state index is -0.369. The number of esters is 1. The highest BCUT2D eigenvalue weighted by molar-refractivity contribution is 5.89. The monoisotopic (exact) mass is 341 g/mol. The van der Waals surface area contributed by atoms with Gasteiger partial charge in [-0.1, -0.05) is 18.2 Å². The Morgan fingerprint density at radius 1 is 1.16 bits per heavy atom. The average Bonchev–Trinajstić information content (AvgIpc) is 3.41. The van der Waals surface area contributed by atoms with Crippen molar-refractivity contribution in [1.82, 2.24) is 4.98 Å². The minimum Gasteiger partial charge on any atom is -0.458 e. The Labute approximate surface area is 147 Å². The summed E-state index contributed by atoms with van der Waals surface area (Å²) < 4.78 is 17.1. The highest BCUT2D eigenvalue weighted by atomic mass is 16.5. The first-order chi connectivity index (χ1) is 12.2. The molecule has 1 saturated carbocycles. The molecule has 25 heavy (non-hydrogen) atoms. The maximum atomic E-state index is 12.7. The fourth-order valence-corrected chi connectivity index (χ4v) is 3.31. The van der Waals surface area contributed by atoms with Gasteiger partial charge in [-0.3, -0.25) is 0 Å². The number of oxazole rings is 1. The van der Waals surface area contributed by atoms with Crippen molar-refractivity contribution >= 4 is 5.97 Å². The van der Waals surface area contributed by atoms with E-state index in [-0.39, 0.29) is 12.1 Å². The van der Waals surface area contributed by atoms with Crippen LogP contribution in [-0.4, -0.2) is 30.3 Å². The molecule has 132 valence electrons. The molecular weight excluding hydrogens is 318 g/mol. The first-order valence-electron chi connectivity index (χ1n) is 9.07. The molecule has 5 nitrogen and oxygen atoms in total. The molecule has 1 aliphatic carbocycles. The van der Waals surface area contributed by atoms with E-state index in [4.69, 9.17) is 13.9 Å². The molecule has 1 atom stereocenters. The third kappa shape index (κ3) is 3.61. The zero-order chi connectivity index (χ0) is 17.2. The number of hydrogen-bond acceptors (Lipinski definition) is 5. The normalized spacial score (nSPS) is 19.6. The van der Waals surface area contributed by atoms with Crippen LogP contribution in [0.15, 0.2) is 34.7 Å². The van der Waals surface area contributed by atoms with Crippen molar-refractivity contribution in [3.8, 4) is 11.5 Å². The lowest BCUT2D eigenvalue weighted by molar-refractivity contribution is -0.0123. The van der Waals surface area contributed by atoms with E-state index < -0.39 is 0 Å². The summed E-state index contributed by atoms with van der Waals surface area (Å²) in [6.07, 6.45) is 3.80. The van der Waals surface area contributed by atoms with Gasteiger partial charge in [0.2, 0.25) is 5.89 Å². The molecule has 1 aliphatic heterocycles. The van der Waals surface area contributed by atoms with Crippen molar-refractivity contribution in [2.45, 2.75) is 44.6 Å². The summed E-state index contributed by atoms with van der Waals surface area (Å²) >= 11 is 0. The maximum Gasteiger partial charge on any atom is 0.360 e. The molecular formula is C20H23NO4. The van der Waals surface area contributed by atoms with Crippen molar-refractivity contribution in [3.05, 3.63) is 41.8 Å². The molecule has 5 heteroatoms. The van der Waals surface area contributed by atoms with Crippen LogP contribution in [0.25, 0.3) is 11.5 Å². The maximum absolute atomic E-state index is 12.7. The molecule has 2 heterocycles. The van der Waals surface area contributed by atoms with Crippen molar-refractivity contribution in [1.29, 1.82) is 0 Å². The molecule has 1 aromatic carbocycles. The van der Waals surface area contributed by atoms with Gasteiger partial charge in [0.25, 0.3) is 0 Å². The standard InChI is InChI=1S/C20H23NO4/c1-13(14-9-11-23-12-10-14)24-20(22)17-18(15-7-8-15)25-19(21-17)16-5-3-2-4-6-16/h2-6,13-15H,7-12H2,1H3/t13-/m0/s1. The Morgan fingerprint density at radius 3 is 2.56 bits per heavy atom. The summed E-state index contributed by atoms with van der Waals surface area (Å²) in [6.45, 7) is 3.44. The van der Waals surface area contributed by atoms with E-state index in [0.29, 0.717) is 29.2 Å². The lowest BCUT2D eigenvalue weighted by Crippen LogP contribution is -2.29. The van der Waals surface area contributed by atoms with Crippen LogP contribution in [0.1, 0.15) is 54.8 Å². The number of nitrogens with zero attached hydrogens (tertiary/aromatic N) is 1. The molecule has 0 unspecified atom stereocenters. The van der Waals surface area contributed by atoms with Crippen molar-refractivity contribution in [2.75, 3.05) is 13.2 Å². The predicted octanol–water partition coefficient (Wildman–Crippen LogP) is 4.19. The van der Waals surface area contributed by atoms with Crippen LogP contribution >= 0.6 is 0 Å². The number of hydrogen-bond donors (Lipinski definition) is 0. The Hall–Kier alpha value is -2.14. The quantitative estimate of drug-likeness (QED) is 0.763. The first kappa shape index (κ1) is 16.3. The van der Waals surface area contributed by atoms with Gasteiger partial charge in [-0.2, -0.15) is 0 Å². The van der Waals surface area contributed by atoms with Gasteiger partial charge in [0, 0.05) is 30.6 Å². The molecule has 4 rings (SSSR count). The SMILES string of the molecule is C[C@H](OC(=O)c1nc(-c2ccccc2)oc1C1CC1)C1CCOCC1. The molecule has 0 bridgehead atoms. The fraction of sp³-hybridized carbons (Fsp3) is 0.500. The second kappa shape index (κ2) is 7.00. The predicted molar refractivity (Wildman–Crippen MR) is 92.3 cm³/mol. The number of ether oxygens (including phenoxy) is 2. The molecule has 2 aliphatic rings. The molecule has 0 spiro atoms. The summed E-state index contributed by atoms with van der Waals surface area (Å²) in [5.74, 6) is 1.46. The third-order valence-electron chi connectivity index (χ3n) is 5.04. The van der Waals surface area contributed by atoms with Crippen LogP contribution in [0.2, 0.25) is 0 Å². The van der Waals surface area contributed by atoms with Gasteiger partial charge in [0.15, 0.2) is 5.69 Å². The summed E-state index contributed by atoms with van der Waals surface area (Å²) in [5, 5.41) is 0. The van der Waals surface area contributed by atoms with Gasteiger partial charge in [0.1, 0.15) is 11.9 Å². The van der Waals surface area contributed by atoms with E-state index in [2.05, 4.69) is 4.98 Å². The number of benzene rings is 1. The molecule has 2 fully saturated rings. The molecule has 1 aromatic heterocycles. The highest BCUT2D eigenvalue weighted by Crippen LogP contribution is 2.43. The van der Waals surface area contributed by atoms with E-state index in [1.54, 1.807) is 0 Å². The second-order valence-electron chi connectivity index (χ2n) is 6.93. The van der Waals surface area contributed by atoms with Crippen molar-refractivity contribution in [2.24, 2.45) is 5.92 Å². The zero-order valence-corrected chi connectivity index (χ0v) is 14.4. The summed E-state index contributed by atoms with van der Waals surface area (Å²) in [6, 6.07) is 9.67. The number of carbonyl (C=O) groups excluding carboxylic acids is 1. The molecule has 0 radical (unpaired) electrons. The van der Waals surface area contributed by atoms with E-state index in [0.717, 1.165) is 44.5 Å². The van der Waals surface area contributed by atoms with Crippen LogP contribution in [0.3, 0.4) is 0 Å². The van der Waals surface area contributed by atoms with Crippen LogP contribution in [0.4, 0.5) is 0 Å². The van der Waals surface area contributed by atoms with Crippen LogP contribution in [-0.2, 0) is 9.47 Å². The fourth-order valence-electron chi connectivity index (χ4n) is 3.31. The number of rotatable bonds is 5. The van der Waals surface area contributed by atoms with Gasteiger partial charge in [0.05, 0.1) is 0 Å². The topological polar surface area (TPSA) is 61.6 Å². The minimum absolute atomic E-state index is 0.139. The average molecular weight is 341 g/mol. The third-order valence-corrected chi connectivity index (χ3v) is 5.04. The summed E-state index contributed by atoms with van der Waals surface area (Å²) in [7, 11) is 0. The van der Waals surface area contributed by atoms with Gasteiger partial charge in [-0.15, -0.1) is 0 Å². The molecule has 0 amide bonds. The lowest BCUT2D eigenvalue weighted by atomic mass is 9.95. The van der Waals surface area contributed by atoms with Crippen LogP contribution < -0.4 is 0 Å². The summed E-state index contributed by atoms with van der Waals surface area (Å²) in [4.78, 5) is 17.2. The van der Waals surface area contributed by atoms with E-state index in [1.807, 2.05) is 37.3 Å². The van der Waals surface area contributed by atoms with Crippen molar-refractivity contribution in [3.63, 3.8) is 0 Å². The Morgan fingerprint density at radius 2 is 1.88 bits per heavy atom. The Kier molecular flexibility index (Phi) is 4.57. The first-order valence-corrected chi connectivity index (χ1v) is 9.07. The Bertz CT molecular complexity index is 729. The molecule has 2 aromatic rings. The smallest absolute Gasteiger partial charge is 0.360 e. The highest BCUT2D eigenvalue weighted by Gasteiger charge is 2.35.